The minimum absolute atomic E-state index is 0.115. The molecule has 0 aliphatic carbocycles. The number of phenolic OH excluding ortho intramolecular Hbond substituents is 1. The van der Waals surface area contributed by atoms with Crippen molar-refractivity contribution in [2.45, 2.75) is 26.6 Å². The molecule has 0 atom stereocenters. The average Bonchev–Trinajstić information content (AvgIpc) is 3.33. The number of aromatic nitrogens is 1. The lowest BCUT2D eigenvalue weighted by molar-refractivity contribution is 0.0746. The molecule has 2 heterocycles. The van der Waals surface area contributed by atoms with Gasteiger partial charge < -0.3 is 19.2 Å². The van der Waals surface area contributed by atoms with Gasteiger partial charge in [-0.05, 0) is 30.2 Å². The molecule has 1 aromatic heterocycles. The Morgan fingerprint density at radius 2 is 1.76 bits per heavy atom. The molecule has 0 radical (unpaired) electrons. The maximum Gasteiger partial charge on any atom is 0.276 e. The number of amides is 1. The van der Waals surface area contributed by atoms with Crippen LogP contribution < -0.4 is 4.74 Å². The van der Waals surface area contributed by atoms with Gasteiger partial charge in [-0.15, -0.1) is 0 Å². The lowest BCUT2D eigenvalue weighted by Gasteiger charge is -2.34. The molecule has 1 saturated heterocycles. The summed E-state index contributed by atoms with van der Waals surface area (Å²) in [6, 6.07) is 15.4. The van der Waals surface area contributed by atoms with E-state index in [1.165, 1.54) is 6.26 Å². The number of nitrogens with zero attached hydrogens (tertiary/aromatic N) is 4. The van der Waals surface area contributed by atoms with Crippen LogP contribution in [0.5, 0.6) is 11.5 Å². The van der Waals surface area contributed by atoms with E-state index in [1.54, 1.807) is 18.1 Å². The Kier molecular flexibility index (Phi) is 7.82. The van der Waals surface area contributed by atoms with Crippen LogP contribution in [0.15, 0.2) is 59.2 Å². The van der Waals surface area contributed by atoms with E-state index in [4.69, 9.17) is 9.15 Å². The molecule has 180 valence electrons. The molecular weight excluding hydrogens is 432 g/mol. The summed E-state index contributed by atoms with van der Waals surface area (Å²) < 4.78 is 10.8. The highest BCUT2D eigenvalue weighted by atomic mass is 16.5. The van der Waals surface area contributed by atoms with Crippen LogP contribution >= 0.6 is 0 Å². The number of piperazine rings is 1. The van der Waals surface area contributed by atoms with Gasteiger partial charge in [-0.25, -0.2) is 4.98 Å². The van der Waals surface area contributed by atoms with E-state index in [1.807, 2.05) is 49.4 Å². The van der Waals surface area contributed by atoms with Crippen LogP contribution in [0.3, 0.4) is 0 Å². The topological polar surface area (TPSA) is 82.3 Å². The SMILES string of the molecule is CCN(Cc1ccccc1)C(=O)c1coc(CN2CCN(Cc3ccc(O)c(OC)c3)CC2)n1. The number of phenols is 1. The zero-order chi connectivity index (χ0) is 23.9. The van der Waals surface area contributed by atoms with Crippen LogP contribution in [-0.2, 0) is 19.6 Å². The molecule has 0 spiro atoms. The Labute approximate surface area is 200 Å². The maximum absolute atomic E-state index is 12.9. The predicted octanol–water partition coefficient (Wildman–Crippen LogP) is 3.37. The van der Waals surface area contributed by atoms with Crippen molar-refractivity contribution in [1.82, 2.24) is 19.7 Å². The highest BCUT2D eigenvalue weighted by Crippen LogP contribution is 2.27. The van der Waals surface area contributed by atoms with E-state index in [-0.39, 0.29) is 11.7 Å². The van der Waals surface area contributed by atoms with E-state index >= 15 is 0 Å². The smallest absolute Gasteiger partial charge is 0.276 e. The van der Waals surface area contributed by atoms with Crippen molar-refractivity contribution in [2.24, 2.45) is 0 Å². The Morgan fingerprint density at radius 1 is 1.06 bits per heavy atom. The van der Waals surface area contributed by atoms with Crippen LogP contribution in [-0.4, -0.2) is 70.5 Å². The first-order valence-corrected chi connectivity index (χ1v) is 11.6. The molecule has 1 fully saturated rings. The zero-order valence-corrected chi connectivity index (χ0v) is 19.8. The fourth-order valence-corrected chi connectivity index (χ4v) is 4.15. The van der Waals surface area contributed by atoms with Gasteiger partial charge in [-0.2, -0.15) is 0 Å². The lowest BCUT2D eigenvalue weighted by atomic mass is 10.1. The molecular formula is C26H32N4O4. The summed E-state index contributed by atoms with van der Waals surface area (Å²) in [4.78, 5) is 23.8. The second kappa shape index (κ2) is 11.2. The number of carbonyl (C=O) groups is 1. The number of ether oxygens (including phenoxy) is 1. The van der Waals surface area contributed by atoms with Crippen molar-refractivity contribution in [1.29, 1.82) is 0 Å². The highest BCUT2D eigenvalue weighted by molar-refractivity contribution is 5.91. The summed E-state index contributed by atoms with van der Waals surface area (Å²) in [6.45, 7) is 8.10. The van der Waals surface area contributed by atoms with Gasteiger partial charge in [0.05, 0.1) is 13.7 Å². The van der Waals surface area contributed by atoms with E-state index in [0.29, 0.717) is 37.0 Å². The number of methoxy groups -OCH3 is 1. The molecule has 0 saturated carbocycles. The Hall–Kier alpha value is -3.36. The number of carbonyl (C=O) groups excluding carboxylic acids is 1. The van der Waals surface area contributed by atoms with Gasteiger partial charge in [0.1, 0.15) is 6.26 Å². The number of rotatable bonds is 9. The first-order chi connectivity index (χ1) is 16.6. The number of hydrogen-bond donors (Lipinski definition) is 1. The quantitative estimate of drug-likeness (QED) is 0.520. The first kappa shape index (κ1) is 23.8. The Balaban J connectivity index is 1.28. The van der Waals surface area contributed by atoms with Gasteiger partial charge in [0, 0.05) is 45.8 Å². The number of hydrogen-bond acceptors (Lipinski definition) is 7. The monoisotopic (exact) mass is 464 g/mol. The standard InChI is InChI=1S/C26H32N4O4/c1-3-30(17-20-7-5-4-6-8-20)26(32)22-19-34-25(27-22)18-29-13-11-28(12-14-29)16-21-9-10-23(31)24(15-21)33-2/h4-10,15,19,31H,3,11-14,16-18H2,1-2H3. The predicted molar refractivity (Wildman–Crippen MR) is 129 cm³/mol. The number of benzene rings is 2. The minimum atomic E-state index is -0.115. The van der Waals surface area contributed by atoms with Crippen LogP contribution in [0.2, 0.25) is 0 Å². The second-order valence-corrected chi connectivity index (χ2v) is 8.49. The van der Waals surface area contributed by atoms with E-state index < -0.39 is 0 Å². The number of aromatic hydroxyl groups is 1. The van der Waals surface area contributed by atoms with Crippen molar-refractivity contribution in [3.05, 3.63) is 77.5 Å². The van der Waals surface area contributed by atoms with Gasteiger partial charge in [-0.1, -0.05) is 36.4 Å². The maximum atomic E-state index is 12.9. The normalized spacial score (nSPS) is 14.8. The molecule has 8 heteroatoms. The van der Waals surface area contributed by atoms with Gasteiger partial charge >= 0.3 is 0 Å². The second-order valence-electron chi connectivity index (χ2n) is 8.49. The molecule has 3 aromatic rings. The zero-order valence-electron chi connectivity index (χ0n) is 19.8. The van der Waals surface area contributed by atoms with Crippen molar-refractivity contribution >= 4 is 5.91 Å². The van der Waals surface area contributed by atoms with Crippen LogP contribution in [0.25, 0.3) is 0 Å². The van der Waals surface area contributed by atoms with Gasteiger partial charge in [0.15, 0.2) is 17.2 Å². The fourth-order valence-electron chi connectivity index (χ4n) is 4.15. The molecule has 0 unspecified atom stereocenters. The molecule has 1 aliphatic rings. The van der Waals surface area contributed by atoms with Gasteiger partial charge in [0.25, 0.3) is 5.91 Å². The summed E-state index contributed by atoms with van der Waals surface area (Å²) >= 11 is 0. The molecule has 1 amide bonds. The third-order valence-electron chi connectivity index (χ3n) is 6.13. The summed E-state index contributed by atoms with van der Waals surface area (Å²) in [5, 5.41) is 9.78. The summed E-state index contributed by atoms with van der Waals surface area (Å²) in [6.07, 6.45) is 1.47. The first-order valence-electron chi connectivity index (χ1n) is 11.6. The minimum Gasteiger partial charge on any atom is -0.504 e. The Morgan fingerprint density at radius 3 is 2.44 bits per heavy atom. The summed E-state index contributed by atoms with van der Waals surface area (Å²) in [7, 11) is 1.56. The third-order valence-corrected chi connectivity index (χ3v) is 6.13. The van der Waals surface area contributed by atoms with E-state index in [2.05, 4.69) is 14.8 Å². The fraction of sp³-hybridized carbons (Fsp3) is 0.385. The van der Waals surface area contributed by atoms with Gasteiger partial charge in [-0.3, -0.25) is 14.6 Å². The van der Waals surface area contributed by atoms with E-state index in [9.17, 15) is 9.90 Å². The largest absolute Gasteiger partial charge is 0.504 e. The van der Waals surface area contributed by atoms with Crippen molar-refractivity contribution in [3.63, 3.8) is 0 Å². The van der Waals surface area contributed by atoms with Crippen LogP contribution in [0.4, 0.5) is 0 Å². The lowest BCUT2D eigenvalue weighted by Crippen LogP contribution is -2.45. The molecule has 2 aromatic carbocycles. The van der Waals surface area contributed by atoms with E-state index in [0.717, 1.165) is 43.9 Å². The molecule has 34 heavy (non-hydrogen) atoms. The molecule has 1 aliphatic heterocycles. The third kappa shape index (κ3) is 5.95. The van der Waals surface area contributed by atoms with Crippen molar-refractivity contribution in [3.8, 4) is 11.5 Å². The highest BCUT2D eigenvalue weighted by Gasteiger charge is 2.22. The van der Waals surface area contributed by atoms with Crippen molar-refractivity contribution in [2.75, 3.05) is 39.8 Å². The van der Waals surface area contributed by atoms with Crippen LogP contribution in [0, 0.1) is 0 Å². The molecule has 1 N–H and O–H groups in total. The Bertz CT molecular complexity index is 1080. The molecule has 0 bridgehead atoms. The van der Waals surface area contributed by atoms with Crippen LogP contribution in [0.1, 0.15) is 34.4 Å². The molecule has 4 rings (SSSR count). The number of oxazole rings is 1. The van der Waals surface area contributed by atoms with Crippen molar-refractivity contribution < 1.29 is 19.1 Å². The summed E-state index contributed by atoms with van der Waals surface area (Å²) in [5.74, 6) is 1.10. The molecule has 8 nitrogen and oxygen atoms in total. The summed E-state index contributed by atoms with van der Waals surface area (Å²) in [5.41, 5.74) is 2.55. The van der Waals surface area contributed by atoms with Gasteiger partial charge in [0.2, 0.25) is 5.89 Å². The average molecular weight is 465 g/mol.